The zero-order valence-corrected chi connectivity index (χ0v) is 11.5. The summed E-state index contributed by atoms with van der Waals surface area (Å²) in [5.41, 5.74) is 0.653. The van der Waals surface area contributed by atoms with Gasteiger partial charge in [-0.15, -0.1) is 0 Å². The van der Waals surface area contributed by atoms with E-state index in [1.165, 1.54) is 22.7 Å². The number of sulfonamides is 1. The van der Waals surface area contributed by atoms with Crippen molar-refractivity contribution in [2.45, 2.75) is 5.92 Å². The van der Waals surface area contributed by atoms with Crippen LogP contribution in [0.15, 0.2) is 28.8 Å². The molecule has 1 aromatic carbocycles. The molecule has 3 rings (SSSR count). The molecule has 1 aliphatic rings. The third-order valence-corrected chi connectivity index (χ3v) is 4.45. The van der Waals surface area contributed by atoms with Gasteiger partial charge in [0, 0.05) is 18.7 Å². The Morgan fingerprint density at radius 1 is 1.30 bits per heavy atom. The summed E-state index contributed by atoms with van der Waals surface area (Å²) in [4.78, 5) is 4.23. The Bertz CT molecular complexity index is 721. The van der Waals surface area contributed by atoms with Crippen molar-refractivity contribution in [3.8, 4) is 11.4 Å². The van der Waals surface area contributed by atoms with Gasteiger partial charge in [0.2, 0.25) is 21.7 Å². The van der Waals surface area contributed by atoms with E-state index in [1.54, 1.807) is 12.1 Å². The summed E-state index contributed by atoms with van der Waals surface area (Å²) in [7, 11) is -3.16. The fourth-order valence-electron chi connectivity index (χ4n) is 1.98. The lowest BCUT2D eigenvalue weighted by Crippen LogP contribution is -2.47. The molecule has 0 radical (unpaired) electrons. The summed E-state index contributed by atoms with van der Waals surface area (Å²) < 4.78 is 41.9. The summed E-state index contributed by atoms with van der Waals surface area (Å²) >= 11 is 0. The summed E-state index contributed by atoms with van der Waals surface area (Å²) in [5.74, 6) is 0.369. The quantitative estimate of drug-likeness (QED) is 0.851. The molecular formula is C12H12FN3O3S. The Morgan fingerprint density at radius 2 is 1.95 bits per heavy atom. The third kappa shape index (κ3) is 2.44. The minimum Gasteiger partial charge on any atom is -0.339 e. The SMILES string of the molecule is CS(=O)(=O)N1CC(c2nc(-c3ccc(F)cc3)no2)C1. The Labute approximate surface area is 115 Å². The lowest BCUT2D eigenvalue weighted by atomic mass is 10.0. The van der Waals surface area contributed by atoms with Crippen molar-refractivity contribution < 1.29 is 17.3 Å². The highest BCUT2D eigenvalue weighted by atomic mass is 32.2. The van der Waals surface area contributed by atoms with Crippen LogP contribution in [0, 0.1) is 5.82 Å². The summed E-state index contributed by atoms with van der Waals surface area (Å²) in [6.45, 7) is 0.702. The maximum atomic E-state index is 12.8. The summed E-state index contributed by atoms with van der Waals surface area (Å²) in [6, 6.07) is 5.77. The first-order chi connectivity index (χ1) is 9.43. The highest BCUT2D eigenvalue weighted by Crippen LogP contribution is 2.29. The molecule has 0 N–H and O–H groups in total. The van der Waals surface area contributed by atoms with Crippen molar-refractivity contribution in [3.63, 3.8) is 0 Å². The van der Waals surface area contributed by atoms with Crippen LogP contribution in [0.1, 0.15) is 11.8 Å². The van der Waals surface area contributed by atoms with Gasteiger partial charge in [0.05, 0.1) is 12.2 Å². The third-order valence-electron chi connectivity index (χ3n) is 3.21. The van der Waals surface area contributed by atoms with E-state index in [1.807, 2.05) is 0 Å². The minimum atomic E-state index is -3.16. The van der Waals surface area contributed by atoms with Crippen molar-refractivity contribution in [1.82, 2.24) is 14.4 Å². The van der Waals surface area contributed by atoms with E-state index in [0.717, 1.165) is 0 Å². The van der Waals surface area contributed by atoms with Crippen molar-refractivity contribution in [3.05, 3.63) is 36.0 Å². The Morgan fingerprint density at radius 3 is 2.55 bits per heavy atom. The van der Waals surface area contributed by atoms with Crippen LogP contribution < -0.4 is 0 Å². The van der Waals surface area contributed by atoms with Gasteiger partial charge in [-0.2, -0.15) is 4.98 Å². The van der Waals surface area contributed by atoms with E-state index in [0.29, 0.717) is 30.4 Å². The zero-order valence-electron chi connectivity index (χ0n) is 10.7. The van der Waals surface area contributed by atoms with Crippen LogP contribution >= 0.6 is 0 Å². The number of hydrogen-bond donors (Lipinski definition) is 0. The maximum absolute atomic E-state index is 12.8. The molecule has 0 amide bonds. The molecule has 0 aliphatic carbocycles. The molecule has 2 aromatic rings. The molecule has 20 heavy (non-hydrogen) atoms. The minimum absolute atomic E-state index is 0.0774. The van der Waals surface area contributed by atoms with Crippen LogP contribution in [-0.4, -0.2) is 42.2 Å². The fraction of sp³-hybridized carbons (Fsp3) is 0.333. The van der Waals surface area contributed by atoms with Gasteiger partial charge in [-0.25, -0.2) is 17.1 Å². The molecule has 1 aliphatic heterocycles. The Balaban J connectivity index is 1.74. The molecular weight excluding hydrogens is 285 g/mol. The molecule has 0 spiro atoms. The first kappa shape index (κ1) is 13.2. The van der Waals surface area contributed by atoms with Gasteiger partial charge in [0.25, 0.3) is 0 Å². The van der Waals surface area contributed by atoms with Gasteiger partial charge in [0.15, 0.2) is 0 Å². The number of nitrogens with zero attached hydrogens (tertiary/aromatic N) is 3. The molecule has 106 valence electrons. The second-order valence-corrected chi connectivity index (χ2v) is 6.72. The van der Waals surface area contributed by atoms with Crippen molar-refractivity contribution in [1.29, 1.82) is 0 Å². The lowest BCUT2D eigenvalue weighted by molar-refractivity contribution is 0.218. The van der Waals surface area contributed by atoms with E-state index in [-0.39, 0.29) is 11.7 Å². The molecule has 1 aromatic heterocycles. The van der Waals surface area contributed by atoms with Gasteiger partial charge < -0.3 is 4.52 Å². The van der Waals surface area contributed by atoms with E-state index >= 15 is 0 Å². The first-order valence-electron chi connectivity index (χ1n) is 5.98. The van der Waals surface area contributed by atoms with Gasteiger partial charge in [-0.05, 0) is 24.3 Å². The fourth-order valence-corrected chi connectivity index (χ4v) is 2.88. The molecule has 1 fully saturated rings. The van der Waals surface area contributed by atoms with Gasteiger partial charge in [0.1, 0.15) is 5.82 Å². The molecule has 8 heteroatoms. The number of rotatable bonds is 3. The zero-order chi connectivity index (χ0) is 14.3. The largest absolute Gasteiger partial charge is 0.339 e. The van der Waals surface area contributed by atoms with Crippen LogP contribution in [0.4, 0.5) is 4.39 Å². The highest BCUT2D eigenvalue weighted by Gasteiger charge is 2.37. The predicted molar refractivity (Wildman–Crippen MR) is 68.8 cm³/mol. The van der Waals surface area contributed by atoms with Crippen LogP contribution in [0.3, 0.4) is 0 Å². The molecule has 0 saturated carbocycles. The second kappa shape index (κ2) is 4.64. The molecule has 6 nitrogen and oxygen atoms in total. The summed E-state index contributed by atoms with van der Waals surface area (Å²) in [5, 5.41) is 3.83. The van der Waals surface area contributed by atoms with E-state index in [2.05, 4.69) is 10.1 Å². The second-order valence-electron chi connectivity index (χ2n) is 4.74. The number of halogens is 1. The van der Waals surface area contributed by atoms with Crippen molar-refractivity contribution >= 4 is 10.0 Å². The van der Waals surface area contributed by atoms with Crippen LogP contribution in [0.2, 0.25) is 0 Å². The monoisotopic (exact) mass is 297 g/mol. The smallest absolute Gasteiger partial charge is 0.232 e. The standard InChI is InChI=1S/C12H12FN3O3S/c1-20(17,18)16-6-9(7-16)12-14-11(15-19-12)8-2-4-10(13)5-3-8/h2-5,9H,6-7H2,1H3. The maximum Gasteiger partial charge on any atom is 0.232 e. The highest BCUT2D eigenvalue weighted by molar-refractivity contribution is 7.88. The van der Waals surface area contributed by atoms with Gasteiger partial charge in [-0.3, -0.25) is 0 Å². The van der Waals surface area contributed by atoms with E-state index in [4.69, 9.17) is 4.52 Å². The molecule has 0 bridgehead atoms. The average Bonchev–Trinajstić information content (AvgIpc) is 2.75. The topological polar surface area (TPSA) is 76.3 Å². The van der Waals surface area contributed by atoms with Crippen LogP contribution in [-0.2, 0) is 10.0 Å². The summed E-state index contributed by atoms with van der Waals surface area (Å²) in [6.07, 6.45) is 1.17. The number of benzene rings is 1. The average molecular weight is 297 g/mol. The van der Waals surface area contributed by atoms with Crippen molar-refractivity contribution in [2.24, 2.45) is 0 Å². The van der Waals surface area contributed by atoms with Gasteiger partial charge >= 0.3 is 0 Å². The molecule has 0 atom stereocenters. The molecule has 0 unspecified atom stereocenters. The van der Waals surface area contributed by atoms with Crippen LogP contribution in [0.5, 0.6) is 0 Å². The first-order valence-corrected chi connectivity index (χ1v) is 7.83. The normalized spacial score (nSPS) is 17.1. The number of hydrogen-bond acceptors (Lipinski definition) is 5. The molecule has 1 saturated heterocycles. The molecule has 2 heterocycles. The van der Waals surface area contributed by atoms with E-state index < -0.39 is 10.0 Å². The van der Waals surface area contributed by atoms with E-state index in [9.17, 15) is 12.8 Å². The van der Waals surface area contributed by atoms with Crippen LogP contribution in [0.25, 0.3) is 11.4 Å². The van der Waals surface area contributed by atoms with Gasteiger partial charge in [-0.1, -0.05) is 5.16 Å². The predicted octanol–water partition coefficient (Wildman–Crippen LogP) is 1.23. The lowest BCUT2D eigenvalue weighted by Gasteiger charge is -2.34. The number of aromatic nitrogens is 2. The van der Waals surface area contributed by atoms with Crippen molar-refractivity contribution in [2.75, 3.05) is 19.3 Å². The Kier molecular flexibility index (Phi) is 3.06. The Hall–Kier alpha value is -1.80.